The first kappa shape index (κ1) is 10.2. The maximum absolute atomic E-state index is 5.48. The summed E-state index contributed by atoms with van der Waals surface area (Å²) < 4.78 is 2.08. The Balaban J connectivity index is 2.27. The van der Waals surface area contributed by atoms with E-state index in [1.165, 1.54) is 10.9 Å². The Morgan fingerprint density at radius 3 is 2.87 bits per heavy atom. The van der Waals surface area contributed by atoms with E-state index in [4.69, 9.17) is 5.73 Å². The van der Waals surface area contributed by atoms with E-state index in [1.807, 2.05) is 0 Å². The van der Waals surface area contributed by atoms with E-state index in [-0.39, 0.29) is 0 Å². The zero-order valence-electron chi connectivity index (χ0n) is 9.11. The molecule has 3 nitrogen and oxygen atoms in total. The standard InChI is InChI=1S/C12H17N3/c1-10-11-6-2-3-7-12(11)15(14-10)9-5-4-8-13/h2-3,6-7H,4-5,8-9,13H2,1H3. The van der Waals surface area contributed by atoms with Crippen LogP contribution in [0, 0.1) is 6.92 Å². The van der Waals surface area contributed by atoms with E-state index in [2.05, 4.69) is 41.0 Å². The molecular weight excluding hydrogens is 186 g/mol. The summed E-state index contributed by atoms with van der Waals surface area (Å²) in [6, 6.07) is 8.36. The average Bonchev–Trinajstić information content (AvgIpc) is 2.58. The van der Waals surface area contributed by atoms with E-state index < -0.39 is 0 Å². The second kappa shape index (κ2) is 4.45. The Morgan fingerprint density at radius 2 is 2.07 bits per heavy atom. The largest absolute Gasteiger partial charge is 0.330 e. The molecule has 3 heteroatoms. The number of fused-ring (bicyclic) bond motifs is 1. The lowest BCUT2D eigenvalue weighted by Crippen LogP contribution is -2.04. The zero-order chi connectivity index (χ0) is 10.7. The van der Waals surface area contributed by atoms with E-state index in [9.17, 15) is 0 Å². The van der Waals surface area contributed by atoms with Crippen LogP contribution >= 0.6 is 0 Å². The Morgan fingerprint density at radius 1 is 1.27 bits per heavy atom. The molecule has 2 N–H and O–H groups in total. The topological polar surface area (TPSA) is 43.8 Å². The van der Waals surface area contributed by atoms with E-state index in [0.717, 1.165) is 31.6 Å². The molecule has 0 aliphatic carbocycles. The summed E-state index contributed by atoms with van der Waals surface area (Å²) in [6.45, 7) is 3.78. The van der Waals surface area contributed by atoms with Gasteiger partial charge in [0.05, 0.1) is 11.2 Å². The molecule has 15 heavy (non-hydrogen) atoms. The first-order chi connectivity index (χ1) is 7.33. The van der Waals surface area contributed by atoms with Crippen LogP contribution < -0.4 is 5.73 Å². The average molecular weight is 203 g/mol. The SMILES string of the molecule is Cc1nn(CCCCN)c2ccccc12. The summed E-state index contributed by atoms with van der Waals surface area (Å²) in [6.07, 6.45) is 2.16. The smallest absolute Gasteiger partial charge is 0.0685 e. The van der Waals surface area contributed by atoms with Gasteiger partial charge in [-0.3, -0.25) is 4.68 Å². The minimum absolute atomic E-state index is 0.762. The highest BCUT2D eigenvalue weighted by atomic mass is 15.3. The normalized spacial score (nSPS) is 11.1. The lowest BCUT2D eigenvalue weighted by molar-refractivity contribution is 0.573. The van der Waals surface area contributed by atoms with Gasteiger partial charge in [0, 0.05) is 11.9 Å². The van der Waals surface area contributed by atoms with Gasteiger partial charge in [0.25, 0.3) is 0 Å². The first-order valence-electron chi connectivity index (χ1n) is 5.45. The molecule has 0 saturated heterocycles. The molecule has 80 valence electrons. The number of hydrogen-bond acceptors (Lipinski definition) is 2. The molecule has 0 atom stereocenters. The van der Waals surface area contributed by atoms with Gasteiger partial charge < -0.3 is 5.73 Å². The molecular formula is C12H17N3. The highest BCUT2D eigenvalue weighted by molar-refractivity contribution is 5.81. The summed E-state index contributed by atoms with van der Waals surface area (Å²) in [7, 11) is 0. The molecule has 2 rings (SSSR count). The molecule has 0 amide bonds. The lowest BCUT2D eigenvalue weighted by Gasteiger charge is -2.01. The number of aryl methyl sites for hydroxylation is 2. The van der Waals surface area contributed by atoms with Crippen molar-refractivity contribution in [3.63, 3.8) is 0 Å². The van der Waals surface area contributed by atoms with Crippen LogP contribution in [0.2, 0.25) is 0 Å². The molecule has 0 unspecified atom stereocenters. The molecule has 0 bridgehead atoms. The van der Waals surface area contributed by atoms with E-state index in [0.29, 0.717) is 0 Å². The summed E-state index contributed by atoms with van der Waals surface area (Å²) in [5.41, 5.74) is 7.82. The predicted octanol–water partition coefficient (Wildman–Crippen LogP) is 2.08. The summed E-state index contributed by atoms with van der Waals surface area (Å²) >= 11 is 0. The van der Waals surface area contributed by atoms with Gasteiger partial charge >= 0.3 is 0 Å². The first-order valence-corrected chi connectivity index (χ1v) is 5.45. The fraction of sp³-hybridized carbons (Fsp3) is 0.417. The lowest BCUT2D eigenvalue weighted by atomic mass is 10.2. The minimum Gasteiger partial charge on any atom is -0.330 e. The van der Waals surface area contributed by atoms with Crippen molar-refractivity contribution in [2.75, 3.05) is 6.54 Å². The van der Waals surface area contributed by atoms with Gasteiger partial charge in [0.15, 0.2) is 0 Å². The summed E-state index contributed by atoms with van der Waals surface area (Å²) in [5, 5.41) is 5.79. The van der Waals surface area contributed by atoms with Crippen molar-refractivity contribution >= 4 is 10.9 Å². The maximum atomic E-state index is 5.48. The summed E-state index contributed by atoms with van der Waals surface area (Å²) in [4.78, 5) is 0. The summed E-state index contributed by atoms with van der Waals surface area (Å²) in [5.74, 6) is 0. The second-order valence-electron chi connectivity index (χ2n) is 3.82. The Kier molecular flexibility index (Phi) is 3.02. The Labute approximate surface area is 89.9 Å². The van der Waals surface area contributed by atoms with Gasteiger partial charge in [-0.1, -0.05) is 18.2 Å². The van der Waals surface area contributed by atoms with Crippen molar-refractivity contribution in [3.8, 4) is 0 Å². The third-order valence-corrected chi connectivity index (χ3v) is 2.67. The van der Waals surface area contributed by atoms with E-state index in [1.54, 1.807) is 0 Å². The fourth-order valence-electron chi connectivity index (χ4n) is 1.87. The van der Waals surface area contributed by atoms with Crippen molar-refractivity contribution in [1.29, 1.82) is 0 Å². The Bertz CT molecular complexity index is 445. The number of benzene rings is 1. The van der Waals surface area contributed by atoms with Crippen LogP contribution in [0.25, 0.3) is 10.9 Å². The van der Waals surface area contributed by atoms with Gasteiger partial charge in [-0.2, -0.15) is 5.10 Å². The monoisotopic (exact) mass is 203 g/mol. The predicted molar refractivity (Wildman–Crippen MR) is 62.8 cm³/mol. The molecule has 0 aliphatic rings. The van der Waals surface area contributed by atoms with Crippen molar-refractivity contribution < 1.29 is 0 Å². The van der Waals surface area contributed by atoms with E-state index >= 15 is 0 Å². The van der Waals surface area contributed by atoms with Crippen LogP contribution in [0.15, 0.2) is 24.3 Å². The molecule has 1 aromatic heterocycles. The number of aromatic nitrogens is 2. The van der Waals surface area contributed by atoms with Crippen LogP contribution in [0.1, 0.15) is 18.5 Å². The molecule has 0 spiro atoms. The number of para-hydroxylation sites is 1. The number of nitrogens with zero attached hydrogens (tertiary/aromatic N) is 2. The molecule has 2 aromatic rings. The molecule has 1 aromatic carbocycles. The number of nitrogens with two attached hydrogens (primary N) is 1. The van der Waals surface area contributed by atoms with Crippen LogP contribution in [0.3, 0.4) is 0 Å². The van der Waals surface area contributed by atoms with Crippen molar-refractivity contribution in [1.82, 2.24) is 9.78 Å². The van der Waals surface area contributed by atoms with Gasteiger partial charge in [0.2, 0.25) is 0 Å². The van der Waals surface area contributed by atoms with Gasteiger partial charge in [-0.25, -0.2) is 0 Å². The van der Waals surface area contributed by atoms with Gasteiger partial charge in [-0.05, 0) is 32.4 Å². The number of unbranched alkanes of at least 4 members (excludes halogenated alkanes) is 1. The second-order valence-corrected chi connectivity index (χ2v) is 3.82. The quantitative estimate of drug-likeness (QED) is 0.773. The molecule has 0 saturated carbocycles. The van der Waals surface area contributed by atoms with Gasteiger partial charge in [0.1, 0.15) is 0 Å². The molecule has 0 aliphatic heterocycles. The molecule has 1 heterocycles. The van der Waals surface area contributed by atoms with Crippen LogP contribution in [0.4, 0.5) is 0 Å². The molecule has 0 radical (unpaired) electrons. The van der Waals surface area contributed by atoms with Crippen molar-refractivity contribution in [2.24, 2.45) is 5.73 Å². The minimum atomic E-state index is 0.762. The zero-order valence-corrected chi connectivity index (χ0v) is 9.11. The third-order valence-electron chi connectivity index (χ3n) is 2.67. The number of hydrogen-bond donors (Lipinski definition) is 1. The third kappa shape index (κ3) is 2.02. The van der Waals surface area contributed by atoms with Crippen molar-refractivity contribution in [2.45, 2.75) is 26.3 Å². The van der Waals surface area contributed by atoms with Crippen molar-refractivity contribution in [3.05, 3.63) is 30.0 Å². The highest BCUT2D eigenvalue weighted by Gasteiger charge is 2.04. The van der Waals surface area contributed by atoms with Gasteiger partial charge in [-0.15, -0.1) is 0 Å². The fourth-order valence-corrected chi connectivity index (χ4v) is 1.87. The highest BCUT2D eigenvalue weighted by Crippen LogP contribution is 2.17. The number of rotatable bonds is 4. The Hall–Kier alpha value is -1.35. The van der Waals surface area contributed by atoms with Crippen LogP contribution in [-0.4, -0.2) is 16.3 Å². The van der Waals surface area contributed by atoms with Crippen LogP contribution in [0.5, 0.6) is 0 Å². The van der Waals surface area contributed by atoms with Crippen LogP contribution in [-0.2, 0) is 6.54 Å². The molecule has 0 fully saturated rings. The maximum Gasteiger partial charge on any atom is 0.0685 e.